The number of rotatable bonds is 6. The van der Waals surface area contributed by atoms with Gasteiger partial charge in [0.05, 0.1) is 23.4 Å². The van der Waals surface area contributed by atoms with Crippen molar-refractivity contribution in [1.29, 1.82) is 0 Å². The normalized spacial score (nSPS) is 16.1. The van der Waals surface area contributed by atoms with Crippen molar-refractivity contribution in [2.45, 2.75) is 38.2 Å². The maximum Gasteiger partial charge on any atom is 0.104 e. The lowest BCUT2D eigenvalue weighted by Crippen LogP contribution is -2.20. The molecule has 0 aromatic heterocycles. The maximum absolute atomic E-state index is 6.18. The minimum Gasteiger partial charge on any atom is -0.389 e. The van der Waals surface area contributed by atoms with Crippen molar-refractivity contribution in [2.75, 3.05) is 18.5 Å². The van der Waals surface area contributed by atoms with E-state index in [1.165, 1.54) is 32.1 Å². The van der Waals surface area contributed by atoms with Crippen LogP contribution in [0.15, 0.2) is 18.2 Å². The number of halogens is 1. The monoisotopic (exact) mass is 312 g/mol. The minimum absolute atomic E-state index is 0.360. The van der Waals surface area contributed by atoms with E-state index in [1.54, 1.807) is 6.07 Å². The molecular weight excluding hydrogens is 292 g/mol. The van der Waals surface area contributed by atoms with Crippen LogP contribution < -0.4 is 11.1 Å². The number of anilines is 1. The molecule has 0 aliphatic heterocycles. The van der Waals surface area contributed by atoms with Crippen LogP contribution in [0.3, 0.4) is 0 Å². The van der Waals surface area contributed by atoms with Gasteiger partial charge in [-0.2, -0.15) is 0 Å². The molecule has 0 heterocycles. The van der Waals surface area contributed by atoms with Crippen LogP contribution in [0.1, 0.15) is 37.7 Å². The van der Waals surface area contributed by atoms with Crippen molar-refractivity contribution in [3.63, 3.8) is 0 Å². The molecule has 1 aromatic carbocycles. The van der Waals surface area contributed by atoms with Crippen molar-refractivity contribution < 1.29 is 4.74 Å². The maximum atomic E-state index is 6.18. The van der Waals surface area contributed by atoms with Gasteiger partial charge in [-0.1, -0.05) is 43.1 Å². The Hall–Kier alpha value is -0.840. The first-order valence-electron chi connectivity index (χ1n) is 7.11. The Morgan fingerprint density at radius 2 is 2.10 bits per heavy atom. The number of benzene rings is 1. The molecule has 1 saturated carbocycles. The van der Waals surface area contributed by atoms with Crippen LogP contribution in [0.25, 0.3) is 0 Å². The molecule has 0 saturated heterocycles. The van der Waals surface area contributed by atoms with Gasteiger partial charge in [-0.05, 0) is 31.0 Å². The Morgan fingerprint density at radius 1 is 1.35 bits per heavy atom. The highest BCUT2D eigenvalue weighted by Crippen LogP contribution is 2.23. The molecule has 0 bridgehead atoms. The van der Waals surface area contributed by atoms with E-state index in [4.69, 9.17) is 34.3 Å². The van der Waals surface area contributed by atoms with Gasteiger partial charge in [0.25, 0.3) is 0 Å². The average Bonchev–Trinajstić information content (AvgIpc) is 2.46. The molecular formula is C15H21ClN2OS. The van der Waals surface area contributed by atoms with Crippen molar-refractivity contribution in [1.82, 2.24) is 0 Å². The zero-order valence-corrected chi connectivity index (χ0v) is 13.1. The van der Waals surface area contributed by atoms with E-state index in [9.17, 15) is 0 Å². The molecule has 0 unspecified atom stereocenters. The Balaban J connectivity index is 1.74. The lowest BCUT2D eigenvalue weighted by atomic mass is 9.98. The van der Waals surface area contributed by atoms with Crippen LogP contribution in [0.2, 0.25) is 5.02 Å². The predicted molar refractivity (Wildman–Crippen MR) is 88.7 cm³/mol. The number of nitrogens with one attached hydrogen (secondary N) is 1. The summed E-state index contributed by atoms with van der Waals surface area (Å²) in [5.74, 6) is 0. The third kappa shape index (κ3) is 4.62. The van der Waals surface area contributed by atoms with Crippen LogP contribution in [0.5, 0.6) is 0 Å². The second kappa shape index (κ2) is 7.81. The van der Waals surface area contributed by atoms with Gasteiger partial charge in [-0.15, -0.1) is 0 Å². The minimum atomic E-state index is 0.360. The predicted octanol–water partition coefficient (Wildman–Crippen LogP) is 3.74. The second-order valence-corrected chi connectivity index (χ2v) is 5.96. The molecule has 0 atom stereocenters. The third-order valence-corrected chi connectivity index (χ3v) is 4.13. The SMILES string of the molecule is NC(=S)c1ccc(NCCOC2CCCCC2)c(Cl)c1. The molecule has 20 heavy (non-hydrogen) atoms. The zero-order valence-electron chi connectivity index (χ0n) is 11.5. The summed E-state index contributed by atoms with van der Waals surface area (Å²) in [4.78, 5) is 0.360. The molecule has 110 valence electrons. The highest BCUT2D eigenvalue weighted by atomic mass is 35.5. The van der Waals surface area contributed by atoms with Gasteiger partial charge in [0.1, 0.15) is 4.99 Å². The smallest absolute Gasteiger partial charge is 0.104 e. The summed E-state index contributed by atoms with van der Waals surface area (Å²) in [6, 6.07) is 5.56. The number of hydrogen-bond donors (Lipinski definition) is 2. The van der Waals surface area contributed by atoms with Gasteiger partial charge >= 0.3 is 0 Å². The topological polar surface area (TPSA) is 47.3 Å². The summed E-state index contributed by atoms with van der Waals surface area (Å²) in [6.07, 6.45) is 6.78. The summed E-state index contributed by atoms with van der Waals surface area (Å²) in [5, 5.41) is 3.91. The van der Waals surface area contributed by atoms with Gasteiger partial charge in [0.15, 0.2) is 0 Å². The summed E-state index contributed by atoms with van der Waals surface area (Å²) >= 11 is 11.1. The van der Waals surface area contributed by atoms with Crippen molar-refractivity contribution in [3.05, 3.63) is 28.8 Å². The Morgan fingerprint density at radius 3 is 2.75 bits per heavy atom. The lowest BCUT2D eigenvalue weighted by molar-refractivity contribution is 0.0347. The fraction of sp³-hybridized carbons (Fsp3) is 0.533. The van der Waals surface area contributed by atoms with Gasteiger partial charge in [-0.3, -0.25) is 0 Å². The summed E-state index contributed by atoms with van der Waals surface area (Å²) < 4.78 is 5.86. The van der Waals surface area contributed by atoms with E-state index < -0.39 is 0 Å². The quantitative estimate of drug-likeness (QED) is 0.620. The standard InChI is InChI=1S/C15H21ClN2OS/c16-13-10-11(15(17)20)6-7-14(13)18-8-9-19-12-4-2-1-3-5-12/h6-7,10,12,18H,1-5,8-9H2,(H2,17,20). The number of ether oxygens (including phenoxy) is 1. The average molecular weight is 313 g/mol. The molecule has 0 spiro atoms. The van der Waals surface area contributed by atoms with Gasteiger partial charge in [-0.25, -0.2) is 0 Å². The van der Waals surface area contributed by atoms with Crippen molar-refractivity contribution in [2.24, 2.45) is 5.73 Å². The molecule has 1 aromatic rings. The van der Waals surface area contributed by atoms with E-state index in [0.717, 1.165) is 17.8 Å². The molecule has 1 fully saturated rings. The Labute approximate surface area is 130 Å². The van der Waals surface area contributed by atoms with E-state index in [0.29, 0.717) is 22.7 Å². The molecule has 3 N–H and O–H groups in total. The summed E-state index contributed by atoms with van der Waals surface area (Å²) in [6.45, 7) is 1.46. The highest BCUT2D eigenvalue weighted by Gasteiger charge is 2.13. The first-order valence-corrected chi connectivity index (χ1v) is 7.90. The Kier molecular flexibility index (Phi) is 6.07. The summed E-state index contributed by atoms with van der Waals surface area (Å²) in [5.41, 5.74) is 7.24. The number of thiocarbonyl (C=S) groups is 1. The van der Waals surface area contributed by atoms with E-state index >= 15 is 0 Å². The lowest BCUT2D eigenvalue weighted by Gasteiger charge is -2.22. The van der Waals surface area contributed by atoms with Gasteiger partial charge in [0, 0.05) is 12.1 Å². The molecule has 2 rings (SSSR count). The van der Waals surface area contributed by atoms with Gasteiger partial charge in [0.2, 0.25) is 0 Å². The Bertz CT molecular complexity index is 461. The fourth-order valence-corrected chi connectivity index (χ4v) is 2.83. The van der Waals surface area contributed by atoms with E-state index in [1.807, 2.05) is 12.1 Å². The van der Waals surface area contributed by atoms with Crippen LogP contribution in [-0.4, -0.2) is 24.2 Å². The molecule has 1 aliphatic carbocycles. The molecule has 5 heteroatoms. The summed E-state index contributed by atoms with van der Waals surface area (Å²) in [7, 11) is 0. The highest BCUT2D eigenvalue weighted by molar-refractivity contribution is 7.80. The van der Waals surface area contributed by atoms with Crippen molar-refractivity contribution >= 4 is 34.5 Å². The fourth-order valence-electron chi connectivity index (χ4n) is 2.45. The van der Waals surface area contributed by atoms with Gasteiger partial charge < -0.3 is 15.8 Å². The van der Waals surface area contributed by atoms with Crippen LogP contribution >= 0.6 is 23.8 Å². The van der Waals surface area contributed by atoms with Crippen molar-refractivity contribution in [3.8, 4) is 0 Å². The third-order valence-electron chi connectivity index (χ3n) is 3.58. The van der Waals surface area contributed by atoms with Crippen LogP contribution in [0, 0.1) is 0 Å². The molecule has 3 nitrogen and oxygen atoms in total. The van der Waals surface area contributed by atoms with E-state index in [-0.39, 0.29) is 0 Å². The largest absolute Gasteiger partial charge is 0.389 e. The van der Waals surface area contributed by atoms with Crippen LogP contribution in [0.4, 0.5) is 5.69 Å². The first-order chi connectivity index (χ1) is 9.66. The second-order valence-electron chi connectivity index (χ2n) is 5.12. The number of nitrogens with two attached hydrogens (primary N) is 1. The zero-order chi connectivity index (χ0) is 14.4. The van der Waals surface area contributed by atoms with E-state index in [2.05, 4.69) is 5.32 Å². The first kappa shape index (κ1) is 15.5. The molecule has 0 amide bonds. The van der Waals surface area contributed by atoms with Crippen LogP contribution in [-0.2, 0) is 4.74 Å². The molecule has 1 aliphatic rings. The number of hydrogen-bond acceptors (Lipinski definition) is 3. The molecule has 0 radical (unpaired) electrons.